The number of aryl methyl sites for hydroxylation is 1. The zero-order valence-electron chi connectivity index (χ0n) is 6.98. The molecule has 0 bridgehead atoms. The number of rotatable bonds is 1. The molecule has 4 nitrogen and oxygen atoms in total. The van der Waals surface area contributed by atoms with E-state index in [4.69, 9.17) is 0 Å². The second-order valence-corrected chi connectivity index (χ2v) is 3.52. The number of hydrogen-bond acceptors (Lipinski definition) is 3. The molecule has 0 radical (unpaired) electrons. The van der Waals surface area contributed by atoms with Gasteiger partial charge in [0.05, 0.1) is 18.1 Å². The van der Waals surface area contributed by atoms with E-state index >= 15 is 0 Å². The summed E-state index contributed by atoms with van der Waals surface area (Å²) < 4.78 is 2.39. The topological polar surface area (TPSA) is 43.6 Å². The van der Waals surface area contributed by atoms with Crippen LogP contribution in [0, 0.1) is 6.92 Å². The van der Waals surface area contributed by atoms with E-state index in [1.807, 2.05) is 13.0 Å². The lowest BCUT2D eigenvalue weighted by Crippen LogP contribution is -1.95. The number of nitrogens with zero attached hydrogens (tertiary/aromatic N) is 4. The third-order valence-electron chi connectivity index (χ3n) is 1.59. The Morgan fingerprint density at radius 1 is 1.38 bits per heavy atom. The van der Waals surface area contributed by atoms with E-state index in [1.54, 1.807) is 23.3 Å². The molecule has 0 aliphatic heterocycles. The number of hydrogen-bond donors (Lipinski definition) is 0. The third kappa shape index (κ3) is 1.75. The van der Waals surface area contributed by atoms with Gasteiger partial charge in [0.15, 0.2) is 0 Å². The van der Waals surface area contributed by atoms with Crippen molar-refractivity contribution in [2.75, 3.05) is 0 Å². The van der Waals surface area contributed by atoms with E-state index in [0.29, 0.717) is 4.60 Å². The van der Waals surface area contributed by atoms with Crippen molar-refractivity contribution in [1.82, 2.24) is 20.0 Å². The average Bonchev–Trinajstić information content (AvgIpc) is 2.52. The van der Waals surface area contributed by atoms with Gasteiger partial charge in [-0.3, -0.25) is 4.98 Å². The third-order valence-corrected chi connectivity index (χ3v) is 1.95. The minimum Gasteiger partial charge on any atom is -0.262 e. The number of pyridine rings is 1. The molecule has 2 heterocycles. The summed E-state index contributed by atoms with van der Waals surface area (Å²) in [5.41, 5.74) is 2.02. The maximum Gasteiger partial charge on any atom is 0.148 e. The Balaban J connectivity index is 2.46. The van der Waals surface area contributed by atoms with E-state index in [1.165, 1.54) is 0 Å². The van der Waals surface area contributed by atoms with Crippen molar-refractivity contribution in [2.45, 2.75) is 6.92 Å². The van der Waals surface area contributed by atoms with Gasteiger partial charge in [-0.2, -0.15) is 0 Å². The van der Waals surface area contributed by atoms with Gasteiger partial charge < -0.3 is 0 Å². The molecular formula is C8H7BrN4. The summed E-state index contributed by atoms with van der Waals surface area (Å²) in [7, 11) is 0. The second kappa shape index (κ2) is 3.26. The molecule has 0 unspecified atom stereocenters. The van der Waals surface area contributed by atoms with Gasteiger partial charge in [-0.15, -0.1) is 5.10 Å². The average molecular weight is 239 g/mol. The van der Waals surface area contributed by atoms with Crippen LogP contribution in [-0.2, 0) is 0 Å². The predicted molar refractivity (Wildman–Crippen MR) is 51.6 cm³/mol. The van der Waals surface area contributed by atoms with Crippen molar-refractivity contribution >= 4 is 15.9 Å². The highest BCUT2D eigenvalue weighted by molar-refractivity contribution is 9.10. The second-order valence-electron chi connectivity index (χ2n) is 2.71. The fourth-order valence-electron chi connectivity index (χ4n) is 1.03. The predicted octanol–water partition coefficient (Wildman–Crippen LogP) is 1.73. The van der Waals surface area contributed by atoms with Gasteiger partial charge in [-0.1, -0.05) is 5.21 Å². The summed E-state index contributed by atoms with van der Waals surface area (Å²) in [5, 5.41) is 7.73. The standard InChI is InChI=1S/C8H7BrN4/c1-6-2-7(4-10-3-6)13-5-8(9)11-12-13/h2-5H,1H3. The van der Waals surface area contributed by atoms with Gasteiger partial charge in [-0.25, -0.2) is 4.68 Å². The smallest absolute Gasteiger partial charge is 0.148 e. The lowest BCUT2D eigenvalue weighted by Gasteiger charge is -1.98. The summed E-state index contributed by atoms with van der Waals surface area (Å²) in [4.78, 5) is 4.07. The Kier molecular flexibility index (Phi) is 2.10. The lowest BCUT2D eigenvalue weighted by atomic mass is 10.3. The summed E-state index contributed by atoms with van der Waals surface area (Å²) >= 11 is 3.23. The van der Waals surface area contributed by atoms with Crippen LogP contribution in [-0.4, -0.2) is 20.0 Å². The summed E-state index contributed by atoms with van der Waals surface area (Å²) in [6, 6.07) is 1.99. The van der Waals surface area contributed by atoms with Gasteiger partial charge in [0, 0.05) is 6.20 Å². The quantitative estimate of drug-likeness (QED) is 0.761. The summed E-state index contributed by atoms with van der Waals surface area (Å²) in [6.07, 6.45) is 5.33. The first-order valence-corrected chi connectivity index (χ1v) is 4.55. The van der Waals surface area contributed by atoms with Crippen molar-refractivity contribution in [2.24, 2.45) is 0 Å². The lowest BCUT2D eigenvalue weighted by molar-refractivity contribution is 0.797. The molecule has 0 saturated heterocycles. The van der Waals surface area contributed by atoms with Crippen LogP contribution in [0.1, 0.15) is 5.56 Å². The molecule has 2 rings (SSSR count). The van der Waals surface area contributed by atoms with Crippen LogP contribution in [0.25, 0.3) is 5.69 Å². The Bertz CT molecular complexity index is 424. The van der Waals surface area contributed by atoms with Crippen molar-refractivity contribution in [1.29, 1.82) is 0 Å². The molecule has 13 heavy (non-hydrogen) atoms. The van der Waals surface area contributed by atoms with E-state index in [9.17, 15) is 0 Å². The molecule has 0 N–H and O–H groups in total. The van der Waals surface area contributed by atoms with Crippen LogP contribution in [0.5, 0.6) is 0 Å². The van der Waals surface area contributed by atoms with Crippen LogP contribution in [0.15, 0.2) is 29.3 Å². The molecule has 0 aliphatic carbocycles. The maximum absolute atomic E-state index is 4.07. The highest BCUT2D eigenvalue weighted by atomic mass is 79.9. The van der Waals surface area contributed by atoms with Gasteiger partial charge in [0.1, 0.15) is 4.60 Å². The molecule has 2 aromatic heterocycles. The van der Waals surface area contributed by atoms with Gasteiger partial charge in [-0.05, 0) is 34.5 Å². The Hall–Kier alpha value is -1.23. The fraction of sp³-hybridized carbons (Fsp3) is 0.125. The van der Waals surface area contributed by atoms with Crippen molar-refractivity contribution < 1.29 is 0 Å². The fourth-order valence-corrected chi connectivity index (χ4v) is 1.30. The largest absolute Gasteiger partial charge is 0.262 e. The molecule has 0 saturated carbocycles. The molecule has 66 valence electrons. The van der Waals surface area contributed by atoms with E-state index in [2.05, 4.69) is 31.2 Å². The number of halogens is 1. The minimum absolute atomic E-state index is 0.717. The van der Waals surface area contributed by atoms with E-state index < -0.39 is 0 Å². The molecule has 0 aromatic carbocycles. The zero-order chi connectivity index (χ0) is 9.26. The SMILES string of the molecule is Cc1cncc(-n2cc(Br)nn2)c1. The first kappa shape index (κ1) is 8.37. The molecule has 0 fully saturated rings. The monoisotopic (exact) mass is 238 g/mol. The molecule has 0 amide bonds. The van der Waals surface area contributed by atoms with Gasteiger partial charge >= 0.3 is 0 Å². The molecule has 0 spiro atoms. The van der Waals surface area contributed by atoms with E-state index in [0.717, 1.165) is 11.3 Å². The summed E-state index contributed by atoms with van der Waals surface area (Å²) in [5.74, 6) is 0. The minimum atomic E-state index is 0.717. The molecule has 5 heteroatoms. The maximum atomic E-state index is 4.07. The Labute approximate surface area is 83.7 Å². The first-order chi connectivity index (χ1) is 6.25. The molecule has 0 aliphatic rings. The van der Waals surface area contributed by atoms with Gasteiger partial charge in [0.2, 0.25) is 0 Å². The van der Waals surface area contributed by atoms with Crippen LogP contribution < -0.4 is 0 Å². The zero-order valence-corrected chi connectivity index (χ0v) is 8.56. The van der Waals surface area contributed by atoms with E-state index in [-0.39, 0.29) is 0 Å². The van der Waals surface area contributed by atoms with Crippen molar-refractivity contribution in [3.63, 3.8) is 0 Å². The Morgan fingerprint density at radius 2 is 2.23 bits per heavy atom. The first-order valence-electron chi connectivity index (χ1n) is 3.75. The molecule has 0 atom stereocenters. The van der Waals surface area contributed by atoms with Gasteiger partial charge in [0.25, 0.3) is 0 Å². The van der Waals surface area contributed by atoms with Crippen molar-refractivity contribution in [3.8, 4) is 5.69 Å². The van der Waals surface area contributed by atoms with Crippen LogP contribution in [0.3, 0.4) is 0 Å². The van der Waals surface area contributed by atoms with Crippen molar-refractivity contribution in [3.05, 3.63) is 34.8 Å². The molecule has 2 aromatic rings. The van der Waals surface area contributed by atoms with Crippen LogP contribution >= 0.6 is 15.9 Å². The Morgan fingerprint density at radius 3 is 2.85 bits per heavy atom. The highest BCUT2D eigenvalue weighted by Gasteiger charge is 1.99. The molecular weight excluding hydrogens is 232 g/mol. The normalized spacial score (nSPS) is 10.3. The number of aromatic nitrogens is 4. The van der Waals surface area contributed by atoms with Crippen LogP contribution in [0.4, 0.5) is 0 Å². The van der Waals surface area contributed by atoms with Crippen LogP contribution in [0.2, 0.25) is 0 Å². The highest BCUT2D eigenvalue weighted by Crippen LogP contribution is 2.09. The summed E-state index contributed by atoms with van der Waals surface area (Å²) in [6.45, 7) is 1.99.